The molecule has 0 aliphatic carbocycles. The van der Waals surface area contributed by atoms with E-state index in [0.29, 0.717) is 22.1 Å². The Kier molecular flexibility index (Phi) is 2.54. The first-order valence-corrected chi connectivity index (χ1v) is 4.86. The first-order valence-electron chi connectivity index (χ1n) is 4.48. The summed E-state index contributed by atoms with van der Waals surface area (Å²) in [6, 6.07) is 6.12. The van der Waals surface area contributed by atoms with Crippen LogP contribution in [0.5, 0.6) is 0 Å². The lowest BCUT2D eigenvalue weighted by Gasteiger charge is -2.05. The molecule has 0 fully saturated rings. The van der Waals surface area contributed by atoms with Crippen LogP contribution in [0.4, 0.5) is 11.5 Å². The number of benzene rings is 1. The first-order chi connectivity index (χ1) is 7.56. The molecule has 0 bridgehead atoms. The van der Waals surface area contributed by atoms with Crippen LogP contribution < -0.4 is 17.0 Å². The fraction of sp³-hybridized carbons (Fsp3) is 0. The molecule has 1 aromatic carbocycles. The van der Waals surface area contributed by atoms with E-state index >= 15 is 0 Å². The number of nitrogens with zero attached hydrogens (tertiary/aromatic N) is 1. The van der Waals surface area contributed by atoms with Crippen LogP contribution in [0.1, 0.15) is 0 Å². The second kappa shape index (κ2) is 3.86. The molecular formula is C10H9ClN4O. The number of nitrogens with two attached hydrogens (primary N) is 2. The van der Waals surface area contributed by atoms with Crippen molar-refractivity contribution in [3.63, 3.8) is 0 Å². The van der Waals surface area contributed by atoms with Crippen molar-refractivity contribution in [2.45, 2.75) is 0 Å². The SMILES string of the molecule is Nc1ccc(Cl)c(-c2nc(N)cc(=O)[nH]2)c1. The van der Waals surface area contributed by atoms with Gasteiger partial charge in [0.05, 0.1) is 5.02 Å². The summed E-state index contributed by atoms with van der Waals surface area (Å²) in [6.07, 6.45) is 0. The highest BCUT2D eigenvalue weighted by Gasteiger charge is 2.07. The molecule has 0 spiro atoms. The van der Waals surface area contributed by atoms with Gasteiger partial charge in [-0.1, -0.05) is 11.6 Å². The molecule has 0 aliphatic heterocycles. The summed E-state index contributed by atoms with van der Waals surface area (Å²) in [5, 5.41) is 0.447. The second-order valence-electron chi connectivity index (χ2n) is 3.26. The molecule has 82 valence electrons. The summed E-state index contributed by atoms with van der Waals surface area (Å²) >= 11 is 5.98. The smallest absolute Gasteiger partial charge is 0.253 e. The zero-order chi connectivity index (χ0) is 11.7. The second-order valence-corrected chi connectivity index (χ2v) is 3.67. The number of nitrogen functional groups attached to an aromatic ring is 2. The fourth-order valence-corrected chi connectivity index (χ4v) is 1.54. The van der Waals surface area contributed by atoms with Gasteiger partial charge in [0.2, 0.25) is 0 Å². The highest BCUT2D eigenvalue weighted by Crippen LogP contribution is 2.26. The predicted molar refractivity (Wildman–Crippen MR) is 64.1 cm³/mol. The Labute approximate surface area is 96.1 Å². The fourth-order valence-electron chi connectivity index (χ4n) is 1.33. The molecule has 1 aromatic heterocycles. The molecule has 6 heteroatoms. The molecule has 0 amide bonds. The molecule has 0 unspecified atom stereocenters. The van der Waals surface area contributed by atoms with Gasteiger partial charge in [-0.25, -0.2) is 4.98 Å². The normalized spacial score (nSPS) is 10.3. The van der Waals surface area contributed by atoms with Crippen LogP contribution in [0, 0.1) is 0 Å². The number of hydrogen-bond acceptors (Lipinski definition) is 4. The summed E-state index contributed by atoms with van der Waals surface area (Å²) in [4.78, 5) is 17.8. The quantitative estimate of drug-likeness (QED) is 0.649. The van der Waals surface area contributed by atoms with Crippen molar-refractivity contribution in [2.24, 2.45) is 0 Å². The summed E-state index contributed by atoms with van der Waals surface area (Å²) in [5.74, 6) is 0.444. The Morgan fingerprint density at radius 3 is 2.69 bits per heavy atom. The third-order valence-electron chi connectivity index (χ3n) is 2.01. The standard InChI is InChI=1S/C10H9ClN4O/c11-7-2-1-5(12)3-6(7)10-14-8(13)4-9(16)15-10/h1-4H,12H2,(H3,13,14,15,16). The Morgan fingerprint density at radius 2 is 2.00 bits per heavy atom. The molecule has 0 radical (unpaired) electrons. The minimum atomic E-state index is -0.332. The van der Waals surface area contributed by atoms with E-state index in [9.17, 15) is 4.79 Å². The number of nitrogens with one attached hydrogen (secondary N) is 1. The van der Waals surface area contributed by atoms with Crippen molar-refractivity contribution in [3.8, 4) is 11.4 Å². The molecule has 5 nitrogen and oxygen atoms in total. The van der Waals surface area contributed by atoms with Crippen molar-refractivity contribution in [1.82, 2.24) is 9.97 Å². The van der Waals surface area contributed by atoms with Gasteiger partial charge in [-0.05, 0) is 18.2 Å². The lowest BCUT2D eigenvalue weighted by molar-refractivity contribution is 1.14. The number of aromatic nitrogens is 2. The highest BCUT2D eigenvalue weighted by molar-refractivity contribution is 6.33. The molecule has 0 saturated carbocycles. The number of anilines is 2. The van der Waals surface area contributed by atoms with Gasteiger partial charge in [0.1, 0.15) is 11.6 Å². The molecular weight excluding hydrogens is 228 g/mol. The predicted octanol–water partition coefficient (Wildman–Crippen LogP) is 1.25. The van der Waals surface area contributed by atoms with E-state index in [1.54, 1.807) is 18.2 Å². The van der Waals surface area contributed by atoms with E-state index in [2.05, 4.69) is 9.97 Å². The zero-order valence-electron chi connectivity index (χ0n) is 8.20. The van der Waals surface area contributed by atoms with Crippen molar-refractivity contribution < 1.29 is 0 Å². The summed E-state index contributed by atoms with van der Waals surface area (Å²) < 4.78 is 0. The summed E-state index contributed by atoms with van der Waals surface area (Å²) in [5.41, 5.74) is 11.9. The monoisotopic (exact) mass is 236 g/mol. The Hall–Kier alpha value is -2.01. The van der Waals surface area contributed by atoms with Gasteiger partial charge in [-0.2, -0.15) is 0 Å². The van der Waals surface area contributed by atoms with Gasteiger partial charge in [-0.3, -0.25) is 4.79 Å². The maximum absolute atomic E-state index is 11.2. The number of H-pyrrole nitrogens is 1. The van der Waals surface area contributed by atoms with E-state index in [0.717, 1.165) is 0 Å². The minimum Gasteiger partial charge on any atom is -0.399 e. The van der Waals surface area contributed by atoms with E-state index in [1.165, 1.54) is 6.07 Å². The van der Waals surface area contributed by atoms with E-state index in [-0.39, 0.29) is 11.4 Å². The summed E-state index contributed by atoms with van der Waals surface area (Å²) in [7, 11) is 0. The molecule has 1 heterocycles. The van der Waals surface area contributed by atoms with Crippen LogP contribution in [0.15, 0.2) is 29.1 Å². The van der Waals surface area contributed by atoms with Crippen LogP contribution in [0.25, 0.3) is 11.4 Å². The number of aromatic amines is 1. The molecule has 16 heavy (non-hydrogen) atoms. The molecule has 0 atom stereocenters. The van der Waals surface area contributed by atoms with Crippen LogP contribution in [0.2, 0.25) is 5.02 Å². The van der Waals surface area contributed by atoms with Gasteiger partial charge in [0, 0.05) is 17.3 Å². The molecule has 2 rings (SSSR count). The third-order valence-corrected chi connectivity index (χ3v) is 2.34. The Bertz CT molecular complexity index is 594. The van der Waals surface area contributed by atoms with Crippen molar-refractivity contribution in [2.75, 3.05) is 11.5 Å². The lowest BCUT2D eigenvalue weighted by Crippen LogP contribution is -2.10. The highest BCUT2D eigenvalue weighted by atomic mass is 35.5. The Morgan fingerprint density at radius 1 is 1.25 bits per heavy atom. The van der Waals surface area contributed by atoms with Gasteiger partial charge in [0.15, 0.2) is 0 Å². The zero-order valence-corrected chi connectivity index (χ0v) is 8.95. The molecule has 0 aliphatic rings. The lowest BCUT2D eigenvalue weighted by atomic mass is 10.2. The number of halogens is 1. The van der Waals surface area contributed by atoms with Crippen LogP contribution in [-0.2, 0) is 0 Å². The van der Waals surface area contributed by atoms with E-state index < -0.39 is 0 Å². The topological polar surface area (TPSA) is 97.8 Å². The molecule has 5 N–H and O–H groups in total. The average molecular weight is 237 g/mol. The van der Waals surface area contributed by atoms with Crippen LogP contribution >= 0.6 is 11.6 Å². The minimum absolute atomic E-state index is 0.136. The van der Waals surface area contributed by atoms with Crippen molar-refractivity contribution >= 4 is 23.1 Å². The maximum Gasteiger partial charge on any atom is 0.253 e. The van der Waals surface area contributed by atoms with E-state index in [1.807, 2.05) is 0 Å². The maximum atomic E-state index is 11.2. The van der Waals surface area contributed by atoms with Crippen molar-refractivity contribution in [1.29, 1.82) is 0 Å². The number of hydrogen-bond donors (Lipinski definition) is 3. The van der Waals surface area contributed by atoms with E-state index in [4.69, 9.17) is 23.1 Å². The number of rotatable bonds is 1. The molecule has 2 aromatic rings. The summed E-state index contributed by atoms with van der Waals surface area (Å²) in [6.45, 7) is 0. The third kappa shape index (κ3) is 1.99. The van der Waals surface area contributed by atoms with Gasteiger partial charge >= 0.3 is 0 Å². The molecule has 0 saturated heterocycles. The Balaban J connectivity index is 2.66. The van der Waals surface area contributed by atoms with Gasteiger partial charge in [-0.15, -0.1) is 0 Å². The first kappa shape index (κ1) is 10.5. The largest absolute Gasteiger partial charge is 0.399 e. The van der Waals surface area contributed by atoms with Crippen LogP contribution in [-0.4, -0.2) is 9.97 Å². The average Bonchev–Trinajstić information content (AvgIpc) is 2.20. The van der Waals surface area contributed by atoms with Gasteiger partial charge in [0.25, 0.3) is 5.56 Å². The van der Waals surface area contributed by atoms with Gasteiger partial charge < -0.3 is 16.5 Å². The van der Waals surface area contributed by atoms with Crippen LogP contribution in [0.3, 0.4) is 0 Å². The van der Waals surface area contributed by atoms with Crippen molar-refractivity contribution in [3.05, 3.63) is 39.6 Å².